The molecule has 1 heterocycles. The molecule has 0 radical (unpaired) electrons. The fourth-order valence-electron chi connectivity index (χ4n) is 6.70. The first-order chi connectivity index (χ1) is 20.1. The average Bonchev–Trinajstić information content (AvgIpc) is 3.52. The molecule has 0 atom stereocenters. The largest absolute Gasteiger partial charge is 0.309 e. The number of benzene rings is 6. The molecule has 0 saturated heterocycles. The molecule has 0 aliphatic heterocycles. The zero-order valence-corrected chi connectivity index (χ0v) is 24.0. The second-order valence-electron chi connectivity index (χ2n) is 11.4. The molecule has 0 bridgehead atoms. The van der Waals surface area contributed by atoms with Gasteiger partial charge >= 0.3 is 0 Å². The first-order valence-corrected chi connectivity index (χ1v) is 15.0. The van der Waals surface area contributed by atoms with Gasteiger partial charge in [-0.3, -0.25) is 0 Å². The van der Waals surface area contributed by atoms with Crippen LogP contribution in [0.15, 0.2) is 140 Å². The molecule has 41 heavy (non-hydrogen) atoms. The number of nitrogens with zero attached hydrogens (tertiary/aromatic N) is 1. The minimum absolute atomic E-state index is 0.0428. The number of rotatable bonds is 4. The molecule has 196 valence electrons. The van der Waals surface area contributed by atoms with E-state index in [4.69, 9.17) is 0 Å². The van der Waals surface area contributed by atoms with Crippen molar-refractivity contribution >= 4 is 48.6 Å². The number of para-hydroxylation sites is 1. The van der Waals surface area contributed by atoms with Gasteiger partial charge in [-0.05, 0) is 63.7 Å². The van der Waals surface area contributed by atoms with Gasteiger partial charge in [0.05, 0.1) is 10.4 Å². The topological polar surface area (TPSA) is 3.24 Å². The van der Waals surface area contributed by atoms with Crippen LogP contribution in [0.5, 0.6) is 0 Å². The summed E-state index contributed by atoms with van der Waals surface area (Å²) in [5, 5.41) is 2.66. The van der Waals surface area contributed by atoms with Crippen LogP contribution in [-0.2, 0) is 5.41 Å². The molecule has 0 fully saturated rings. The average molecular weight is 544 g/mol. The number of thiophene rings is 1. The van der Waals surface area contributed by atoms with Crippen LogP contribution in [0.25, 0.3) is 42.4 Å². The minimum atomic E-state index is -0.0428. The summed E-state index contributed by atoms with van der Waals surface area (Å²) in [4.78, 5) is 2.41. The van der Waals surface area contributed by atoms with Gasteiger partial charge < -0.3 is 4.90 Å². The Kier molecular flexibility index (Phi) is 5.42. The second-order valence-corrected chi connectivity index (χ2v) is 12.4. The third-order valence-corrected chi connectivity index (χ3v) is 9.91. The Morgan fingerprint density at radius 2 is 1.12 bits per heavy atom. The number of hydrogen-bond donors (Lipinski definition) is 0. The summed E-state index contributed by atoms with van der Waals surface area (Å²) in [6.45, 7) is 4.76. The molecular formula is C39H29NS. The van der Waals surface area contributed by atoms with Gasteiger partial charge in [-0.15, -0.1) is 11.3 Å². The monoisotopic (exact) mass is 543 g/mol. The van der Waals surface area contributed by atoms with Crippen LogP contribution in [0.4, 0.5) is 17.1 Å². The fourth-order valence-corrected chi connectivity index (χ4v) is 8.21. The van der Waals surface area contributed by atoms with E-state index in [1.165, 1.54) is 59.2 Å². The van der Waals surface area contributed by atoms with Crippen molar-refractivity contribution in [2.24, 2.45) is 0 Å². The highest BCUT2D eigenvalue weighted by Crippen LogP contribution is 2.55. The van der Waals surface area contributed by atoms with Crippen molar-refractivity contribution in [3.63, 3.8) is 0 Å². The first-order valence-electron chi connectivity index (χ1n) is 14.2. The Morgan fingerprint density at radius 3 is 1.90 bits per heavy atom. The van der Waals surface area contributed by atoms with Crippen molar-refractivity contribution in [3.05, 3.63) is 151 Å². The van der Waals surface area contributed by atoms with Gasteiger partial charge in [0.2, 0.25) is 0 Å². The maximum atomic E-state index is 2.41. The first kappa shape index (κ1) is 24.2. The van der Waals surface area contributed by atoms with Gasteiger partial charge in [0.1, 0.15) is 0 Å². The lowest BCUT2D eigenvalue weighted by molar-refractivity contribution is 0.667. The summed E-state index contributed by atoms with van der Waals surface area (Å²) in [5.74, 6) is 0. The molecule has 1 aliphatic rings. The van der Waals surface area contributed by atoms with E-state index in [0.717, 1.165) is 11.4 Å². The van der Waals surface area contributed by atoms with Crippen molar-refractivity contribution < 1.29 is 0 Å². The summed E-state index contributed by atoms with van der Waals surface area (Å²) in [5.41, 5.74) is 11.6. The van der Waals surface area contributed by atoms with Crippen LogP contribution >= 0.6 is 11.3 Å². The number of anilines is 3. The Hall–Kier alpha value is -4.66. The van der Waals surface area contributed by atoms with Crippen LogP contribution in [0.2, 0.25) is 0 Å². The predicted octanol–water partition coefficient (Wildman–Crippen LogP) is 11.5. The molecule has 0 unspecified atom stereocenters. The molecule has 8 rings (SSSR count). The van der Waals surface area contributed by atoms with Crippen LogP contribution in [0, 0.1) is 0 Å². The fraction of sp³-hybridized carbons (Fsp3) is 0.0769. The highest BCUT2D eigenvalue weighted by molar-refractivity contribution is 7.26. The molecule has 7 aromatic rings. The molecular weight excluding hydrogens is 515 g/mol. The van der Waals surface area contributed by atoms with E-state index in [1.54, 1.807) is 0 Å². The van der Waals surface area contributed by atoms with Gasteiger partial charge in [0.25, 0.3) is 0 Å². The zero-order valence-electron chi connectivity index (χ0n) is 23.1. The van der Waals surface area contributed by atoms with Gasteiger partial charge in [-0.2, -0.15) is 0 Å². The quantitative estimate of drug-likeness (QED) is 0.213. The second kappa shape index (κ2) is 9.19. The lowest BCUT2D eigenvalue weighted by Gasteiger charge is -2.26. The van der Waals surface area contributed by atoms with Crippen molar-refractivity contribution in [2.75, 3.05) is 4.90 Å². The molecule has 1 nitrogen and oxygen atoms in total. The third kappa shape index (κ3) is 3.68. The Labute approximate surface area is 245 Å². The maximum absolute atomic E-state index is 2.41. The van der Waals surface area contributed by atoms with Crippen LogP contribution in [-0.4, -0.2) is 0 Å². The van der Waals surface area contributed by atoms with E-state index in [-0.39, 0.29) is 5.41 Å². The molecule has 6 aromatic carbocycles. The standard InChI is InChI=1S/C39H29NS/c1-39(2)34-18-10-9-16-30(34)31-24-25-33-32-17-11-19-35(37(32)41-38(33)36(31)39)40(28-14-7-4-8-15-28)29-22-20-27(21-23-29)26-12-5-3-6-13-26/h3-25H,1-2H3. The smallest absolute Gasteiger partial charge is 0.0640 e. The molecule has 1 aliphatic carbocycles. The Bertz CT molecular complexity index is 2050. The van der Waals surface area contributed by atoms with Crippen molar-refractivity contribution in [3.8, 4) is 22.3 Å². The molecule has 0 N–H and O–H groups in total. The molecule has 0 saturated carbocycles. The van der Waals surface area contributed by atoms with Gasteiger partial charge in [-0.25, -0.2) is 0 Å². The van der Waals surface area contributed by atoms with Crippen molar-refractivity contribution in [2.45, 2.75) is 19.3 Å². The van der Waals surface area contributed by atoms with Gasteiger partial charge in [0.15, 0.2) is 0 Å². The minimum Gasteiger partial charge on any atom is -0.309 e. The third-order valence-electron chi connectivity index (χ3n) is 8.65. The number of hydrogen-bond acceptors (Lipinski definition) is 2. The van der Waals surface area contributed by atoms with Crippen LogP contribution < -0.4 is 4.90 Å². The van der Waals surface area contributed by atoms with E-state index in [0.29, 0.717) is 0 Å². The lowest BCUT2D eigenvalue weighted by Crippen LogP contribution is -2.14. The Morgan fingerprint density at radius 1 is 0.488 bits per heavy atom. The molecule has 0 amide bonds. The van der Waals surface area contributed by atoms with E-state index in [2.05, 4.69) is 158 Å². The molecule has 2 heteroatoms. The molecule has 0 spiro atoms. The Balaban J connectivity index is 1.35. The van der Waals surface area contributed by atoms with E-state index in [9.17, 15) is 0 Å². The van der Waals surface area contributed by atoms with Crippen molar-refractivity contribution in [1.29, 1.82) is 0 Å². The summed E-state index contributed by atoms with van der Waals surface area (Å²) in [6, 6.07) is 50.7. The van der Waals surface area contributed by atoms with Crippen molar-refractivity contribution in [1.82, 2.24) is 0 Å². The molecule has 1 aromatic heterocycles. The highest BCUT2D eigenvalue weighted by Gasteiger charge is 2.37. The normalized spacial score (nSPS) is 13.3. The predicted molar refractivity (Wildman–Crippen MR) is 177 cm³/mol. The SMILES string of the molecule is CC1(C)c2ccccc2-c2ccc3c(sc4c(N(c5ccccc5)c5ccc(-c6ccccc6)cc5)cccc43)c21. The summed E-state index contributed by atoms with van der Waals surface area (Å²) < 4.78 is 2.72. The van der Waals surface area contributed by atoms with Crippen LogP contribution in [0.3, 0.4) is 0 Å². The number of fused-ring (bicyclic) bond motifs is 7. The van der Waals surface area contributed by atoms with E-state index < -0.39 is 0 Å². The van der Waals surface area contributed by atoms with E-state index >= 15 is 0 Å². The summed E-state index contributed by atoms with van der Waals surface area (Å²) in [6.07, 6.45) is 0. The highest BCUT2D eigenvalue weighted by atomic mass is 32.1. The maximum Gasteiger partial charge on any atom is 0.0640 e. The lowest BCUT2D eigenvalue weighted by atomic mass is 9.82. The zero-order chi connectivity index (χ0) is 27.6. The van der Waals surface area contributed by atoms with Gasteiger partial charge in [-0.1, -0.05) is 123 Å². The van der Waals surface area contributed by atoms with Crippen LogP contribution in [0.1, 0.15) is 25.0 Å². The van der Waals surface area contributed by atoms with E-state index in [1.807, 2.05) is 11.3 Å². The summed E-state index contributed by atoms with van der Waals surface area (Å²) >= 11 is 1.94. The van der Waals surface area contributed by atoms with Gasteiger partial charge in [0, 0.05) is 32.3 Å². The summed E-state index contributed by atoms with van der Waals surface area (Å²) in [7, 11) is 0.